The van der Waals surface area contributed by atoms with Gasteiger partial charge in [-0.3, -0.25) is 4.79 Å². The van der Waals surface area contributed by atoms with Gasteiger partial charge in [-0.05, 0) is 97.7 Å². The number of hydrogen-bond donors (Lipinski definition) is 1. The van der Waals surface area contributed by atoms with Gasteiger partial charge in [0.15, 0.2) is 0 Å². The van der Waals surface area contributed by atoms with Crippen LogP contribution in [0, 0.1) is 19.8 Å². The molecule has 6 nitrogen and oxygen atoms in total. The molecule has 0 bridgehead atoms. The van der Waals surface area contributed by atoms with Crippen molar-refractivity contribution in [2.75, 3.05) is 27.3 Å². The molecule has 206 valence electrons. The summed E-state index contributed by atoms with van der Waals surface area (Å²) in [5.74, 6) is 2.60. The van der Waals surface area contributed by atoms with Crippen LogP contribution < -0.4 is 19.5 Å². The standard InChI is InChI=1S/C33H40N2O4/c1-22-7-5-9-26(23(22)2)20-35(27-11-12-27)33(36)32-19-34-14-13-31(32)25-8-6-10-28(17-25)39-21-24-15-29(37-3)18-30(16-24)38-4/h5-10,15-18,27,31-32,34H,11-14,19-21H2,1-4H3/t31-,32+/m1/s1. The molecule has 1 amide bonds. The molecule has 1 heterocycles. The van der Waals surface area contributed by atoms with Crippen LogP contribution in [0.4, 0.5) is 0 Å². The number of benzene rings is 3. The molecule has 39 heavy (non-hydrogen) atoms. The molecule has 5 rings (SSSR count). The first-order valence-electron chi connectivity index (χ1n) is 14.0. The fourth-order valence-electron chi connectivity index (χ4n) is 5.62. The van der Waals surface area contributed by atoms with Crippen molar-refractivity contribution in [3.05, 3.63) is 88.5 Å². The van der Waals surface area contributed by atoms with Gasteiger partial charge in [-0.1, -0.05) is 30.3 Å². The van der Waals surface area contributed by atoms with Crippen molar-refractivity contribution in [2.45, 2.75) is 58.2 Å². The largest absolute Gasteiger partial charge is 0.497 e. The van der Waals surface area contributed by atoms with Gasteiger partial charge in [0.05, 0.1) is 20.1 Å². The van der Waals surface area contributed by atoms with E-state index in [9.17, 15) is 4.79 Å². The number of amides is 1. The second-order valence-corrected chi connectivity index (χ2v) is 10.8. The summed E-state index contributed by atoms with van der Waals surface area (Å²) in [6.07, 6.45) is 3.12. The van der Waals surface area contributed by atoms with Crippen LogP contribution in [0.2, 0.25) is 0 Å². The summed E-state index contributed by atoms with van der Waals surface area (Å²) < 4.78 is 17.0. The monoisotopic (exact) mass is 528 g/mol. The Kier molecular flexibility index (Phi) is 8.41. The van der Waals surface area contributed by atoms with E-state index in [2.05, 4.69) is 54.4 Å². The number of carbonyl (C=O) groups is 1. The van der Waals surface area contributed by atoms with E-state index in [1.807, 2.05) is 30.3 Å². The molecule has 3 aromatic carbocycles. The predicted molar refractivity (Wildman–Crippen MR) is 154 cm³/mol. The zero-order valence-corrected chi connectivity index (χ0v) is 23.5. The van der Waals surface area contributed by atoms with Gasteiger partial charge in [0.1, 0.15) is 23.9 Å². The highest BCUT2D eigenvalue weighted by molar-refractivity contribution is 5.81. The number of aryl methyl sites for hydroxylation is 1. The minimum Gasteiger partial charge on any atom is -0.497 e. The lowest BCUT2D eigenvalue weighted by molar-refractivity contribution is -0.138. The third-order valence-corrected chi connectivity index (χ3v) is 8.23. The molecule has 0 aromatic heterocycles. The average molecular weight is 529 g/mol. The van der Waals surface area contributed by atoms with E-state index >= 15 is 0 Å². The Balaban J connectivity index is 1.33. The summed E-state index contributed by atoms with van der Waals surface area (Å²) in [7, 11) is 3.29. The first-order chi connectivity index (χ1) is 19.0. The normalized spacial score (nSPS) is 18.9. The van der Waals surface area contributed by atoms with Crippen LogP contribution in [0.15, 0.2) is 60.7 Å². The van der Waals surface area contributed by atoms with Crippen molar-refractivity contribution in [1.82, 2.24) is 10.2 Å². The highest BCUT2D eigenvalue weighted by atomic mass is 16.5. The van der Waals surface area contributed by atoms with Gasteiger partial charge < -0.3 is 24.4 Å². The molecular formula is C33H40N2O4. The lowest BCUT2D eigenvalue weighted by Crippen LogP contribution is -2.47. The molecule has 2 aliphatic rings. The second-order valence-electron chi connectivity index (χ2n) is 10.8. The van der Waals surface area contributed by atoms with Crippen molar-refractivity contribution < 1.29 is 19.0 Å². The van der Waals surface area contributed by atoms with Crippen LogP contribution in [-0.2, 0) is 17.9 Å². The van der Waals surface area contributed by atoms with E-state index < -0.39 is 0 Å². The number of nitrogens with one attached hydrogen (secondary N) is 1. The van der Waals surface area contributed by atoms with E-state index in [1.54, 1.807) is 14.2 Å². The predicted octanol–water partition coefficient (Wildman–Crippen LogP) is 5.78. The molecule has 3 aromatic rings. The number of hydrogen-bond acceptors (Lipinski definition) is 5. The number of nitrogens with zero attached hydrogens (tertiary/aromatic N) is 1. The summed E-state index contributed by atoms with van der Waals surface area (Å²) in [5, 5.41) is 3.49. The number of piperidine rings is 1. The van der Waals surface area contributed by atoms with Crippen molar-refractivity contribution >= 4 is 5.91 Å². The molecule has 1 aliphatic carbocycles. The number of rotatable bonds is 10. The van der Waals surface area contributed by atoms with Crippen LogP contribution in [0.25, 0.3) is 0 Å². The average Bonchev–Trinajstić information content (AvgIpc) is 3.82. The lowest BCUT2D eigenvalue weighted by Gasteiger charge is -2.36. The van der Waals surface area contributed by atoms with Crippen LogP contribution in [0.3, 0.4) is 0 Å². The van der Waals surface area contributed by atoms with Gasteiger partial charge in [0.2, 0.25) is 5.91 Å². The zero-order valence-electron chi connectivity index (χ0n) is 23.5. The van der Waals surface area contributed by atoms with Crippen LogP contribution in [0.5, 0.6) is 17.2 Å². The van der Waals surface area contributed by atoms with Crippen molar-refractivity contribution in [3.63, 3.8) is 0 Å². The Morgan fingerprint density at radius 3 is 2.38 bits per heavy atom. The van der Waals surface area contributed by atoms with Crippen LogP contribution in [0.1, 0.15) is 53.0 Å². The fourth-order valence-corrected chi connectivity index (χ4v) is 5.62. The Bertz CT molecular complexity index is 1280. The first-order valence-corrected chi connectivity index (χ1v) is 14.0. The highest BCUT2D eigenvalue weighted by Gasteiger charge is 2.40. The highest BCUT2D eigenvalue weighted by Crippen LogP contribution is 2.37. The fraction of sp³-hybridized carbons (Fsp3) is 0.424. The van der Waals surface area contributed by atoms with E-state index in [1.165, 1.54) is 16.7 Å². The Labute approximate surface area is 232 Å². The van der Waals surface area contributed by atoms with Gasteiger partial charge in [-0.25, -0.2) is 0 Å². The maximum Gasteiger partial charge on any atom is 0.228 e. The van der Waals surface area contributed by atoms with Gasteiger partial charge in [0.25, 0.3) is 0 Å². The molecule has 2 fully saturated rings. The van der Waals surface area contributed by atoms with Gasteiger partial charge >= 0.3 is 0 Å². The van der Waals surface area contributed by atoms with Gasteiger partial charge in [-0.15, -0.1) is 0 Å². The van der Waals surface area contributed by atoms with Crippen LogP contribution >= 0.6 is 0 Å². The molecule has 2 atom stereocenters. The minimum absolute atomic E-state index is 0.0950. The third kappa shape index (κ3) is 6.39. The molecule has 1 N–H and O–H groups in total. The Morgan fingerprint density at radius 1 is 0.923 bits per heavy atom. The summed E-state index contributed by atoms with van der Waals surface area (Å²) in [5.41, 5.74) is 5.95. The first kappa shape index (κ1) is 27.1. The van der Waals surface area contributed by atoms with Crippen molar-refractivity contribution in [3.8, 4) is 17.2 Å². The molecule has 1 saturated heterocycles. The molecular weight excluding hydrogens is 488 g/mol. The molecule has 1 saturated carbocycles. The van der Waals surface area contributed by atoms with Gasteiger partial charge in [0, 0.05) is 25.2 Å². The smallest absolute Gasteiger partial charge is 0.228 e. The van der Waals surface area contributed by atoms with Gasteiger partial charge in [-0.2, -0.15) is 0 Å². The third-order valence-electron chi connectivity index (χ3n) is 8.23. The Morgan fingerprint density at radius 2 is 1.67 bits per heavy atom. The Hall–Kier alpha value is -3.51. The quantitative estimate of drug-likeness (QED) is 0.361. The van der Waals surface area contributed by atoms with E-state index in [-0.39, 0.29) is 17.7 Å². The van der Waals surface area contributed by atoms with Crippen molar-refractivity contribution in [2.24, 2.45) is 5.92 Å². The lowest BCUT2D eigenvalue weighted by atomic mass is 9.80. The zero-order chi connectivity index (χ0) is 27.4. The number of ether oxygens (including phenoxy) is 3. The SMILES string of the molecule is COc1cc(COc2cccc([C@H]3CCNC[C@@H]3C(=O)N(Cc3cccc(C)c3C)C3CC3)c2)cc(OC)c1. The van der Waals surface area contributed by atoms with Crippen molar-refractivity contribution in [1.29, 1.82) is 0 Å². The maximum atomic E-state index is 14.1. The molecule has 6 heteroatoms. The number of methoxy groups -OCH3 is 2. The molecule has 0 radical (unpaired) electrons. The van der Waals surface area contributed by atoms with Crippen LogP contribution in [-0.4, -0.2) is 44.2 Å². The summed E-state index contributed by atoms with van der Waals surface area (Å²) in [6, 6.07) is 20.8. The summed E-state index contributed by atoms with van der Waals surface area (Å²) in [4.78, 5) is 16.3. The van der Waals surface area contributed by atoms with E-state index in [0.717, 1.165) is 54.2 Å². The molecule has 1 aliphatic heterocycles. The maximum absolute atomic E-state index is 14.1. The molecule has 0 spiro atoms. The topological polar surface area (TPSA) is 60.0 Å². The minimum atomic E-state index is -0.0950. The van der Waals surface area contributed by atoms with E-state index in [0.29, 0.717) is 25.7 Å². The molecule has 0 unspecified atom stereocenters. The summed E-state index contributed by atoms with van der Waals surface area (Å²) in [6.45, 7) is 7.00. The number of carbonyl (C=O) groups excluding carboxylic acids is 1. The second kappa shape index (κ2) is 12.1. The summed E-state index contributed by atoms with van der Waals surface area (Å²) >= 11 is 0. The van der Waals surface area contributed by atoms with E-state index in [4.69, 9.17) is 14.2 Å².